The highest BCUT2D eigenvalue weighted by atomic mass is 19.1. The minimum Gasteiger partial charge on any atom is -0.466 e. The third-order valence-corrected chi connectivity index (χ3v) is 5.19. The maximum absolute atomic E-state index is 14.4. The van der Waals surface area contributed by atoms with E-state index in [2.05, 4.69) is 5.32 Å². The number of amides is 1. The van der Waals surface area contributed by atoms with Gasteiger partial charge in [0.05, 0.1) is 23.7 Å². The summed E-state index contributed by atoms with van der Waals surface area (Å²) in [5, 5.41) is 2.70. The fourth-order valence-electron chi connectivity index (χ4n) is 4.06. The first-order valence-corrected chi connectivity index (χ1v) is 8.17. The summed E-state index contributed by atoms with van der Waals surface area (Å²) in [6.45, 7) is 0. The van der Waals surface area contributed by atoms with Gasteiger partial charge in [-0.3, -0.25) is 4.79 Å². The molecule has 1 atom stereocenters. The van der Waals surface area contributed by atoms with Gasteiger partial charge in [-0.05, 0) is 42.2 Å². The predicted molar refractivity (Wildman–Crippen MR) is 89.3 cm³/mol. The Morgan fingerprint density at radius 3 is 2.58 bits per heavy atom. The number of hydrogen-bond donors (Lipinski definition) is 1. The van der Waals surface area contributed by atoms with Crippen molar-refractivity contribution in [3.8, 4) is 0 Å². The summed E-state index contributed by atoms with van der Waals surface area (Å²) in [6.07, 6.45) is 0.796. The Hall–Kier alpha value is -3.02. The summed E-state index contributed by atoms with van der Waals surface area (Å²) in [6, 6.07) is 10.3. The molecule has 1 aliphatic carbocycles. The van der Waals surface area contributed by atoms with E-state index >= 15 is 0 Å². The molecule has 0 aromatic heterocycles. The third kappa shape index (κ3) is 2.11. The standard InChI is InChI=1S/C20H15F2NO3/c1-26-19(25)13-9-10-20(11-5-7-12(21)8-6-11)14-3-2-4-15(22)16(14)18(24)23-17(13)20/h2-8H,9-10H2,1H3,(H,23,24). The van der Waals surface area contributed by atoms with Crippen LogP contribution in [0, 0.1) is 11.6 Å². The summed E-state index contributed by atoms with van der Waals surface area (Å²) in [5.41, 5.74) is 0.912. The lowest BCUT2D eigenvalue weighted by Crippen LogP contribution is -2.45. The summed E-state index contributed by atoms with van der Waals surface area (Å²) in [4.78, 5) is 24.8. The van der Waals surface area contributed by atoms with Crippen molar-refractivity contribution in [2.75, 3.05) is 7.11 Å². The lowest BCUT2D eigenvalue weighted by molar-refractivity contribution is -0.136. The van der Waals surface area contributed by atoms with Gasteiger partial charge in [0.2, 0.25) is 0 Å². The lowest BCUT2D eigenvalue weighted by Gasteiger charge is -2.39. The van der Waals surface area contributed by atoms with Crippen LogP contribution < -0.4 is 5.32 Å². The van der Waals surface area contributed by atoms with Gasteiger partial charge in [0, 0.05) is 5.70 Å². The molecule has 0 saturated carbocycles. The van der Waals surface area contributed by atoms with Crippen LogP contribution in [0.1, 0.15) is 34.3 Å². The van der Waals surface area contributed by atoms with Gasteiger partial charge in [-0.1, -0.05) is 24.3 Å². The van der Waals surface area contributed by atoms with E-state index in [9.17, 15) is 18.4 Å². The monoisotopic (exact) mass is 355 g/mol. The number of carbonyl (C=O) groups is 2. The maximum atomic E-state index is 14.4. The molecule has 0 spiro atoms. The van der Waals surface area contributed by atoms with Crippen molar-refractivity contribution >= 4 is 11.9 Å². The second-order valence-corrected chi connectivity index (χ2v) is 6.37. The van der Waals surface area contributed by atoms with E-state index in [0.717, 1.165) is 0 Å². The van der Waals surface area contributed by atoms with Crippen LogP contribution in [-0.2, 0) is 14.9 Å². The van der Waals surface area contributed by atoms with Crippen molar-refractivity contribution < 1.29 is 23.1 Å². The lowest BCUT2D eigenvalue weighted by atomic mass is 9.68. The highest BCUT2D eigenvalue weighted by Crippen LogP contribution is 2.52. The SMILES string of the molecule is COC(=O)C1=C2NC(=O)c3c(F)cccc3C2(c2ccc(F)cc2)CC1. The van der Waals surface area contributed by atoms with E-state index < -0.39 is 28.9 Å². The van der Waals surface area contributed by atoms with Gasteiger partial charge < -0.3 is 10.1 Å². The highest BCUT2D eigenvalue weighted by molar-refractivity contribution is 6.03. The first-order valence-electron chi connectivity index (χ1n) is 8.17. The van der Waals surface area contributed by atoms with Gasteiger partial charge in [0.1, 0.15) is 11.6 Å². The topological polar surface area (TPSA) is 55.4 Å². The Labute approximate surface area is 148 Å². The van der Waals surface area contributed by atoms with Crippen molar-refractivity contribution in [1.29, 1.82) is 0 Å². The Bertz CT molecular complexity index is 966. The number of methoxy groups -OCH3 is 1. The zero-order valence-corrected chi connectivity index (χ0v) is 13.9. The molecule has 6 heteroatoms. The van der Waals surface area contributed by atoms with Crippen LogP contribution in [0.25, 0.3) is 0 Å². The number of benzene rings is 2. The Kier molecular flexibility index (Phi) is 3.64. The van der Waals surface area contributed by atoms with E-state index in [0.29, 0.717) is 35.2 Å². The molecule has 4 nitrogen and oxygen atoms in total. The Morgan fingerprint density at radius 1 is 1.15 bits per heavy atom. The molecule has 26 heavy (non-hydrogen) atoms. The van der Waals surface area contributed by atoms with Crippen LogP contribution in [0.2, 0.25) is 0 Å². The predicted octanol–water partition coefficient (Wildman–Crippen LogP) is 3.22. The van der Waals surface area contributed by atoms with Gasteiger partial charge in [-0.25, -0.2) is 13.6 Å². The van der Waals surface area contributed by atoms with E-state index in [1.165, 1.54) is 31.4 Å². The third-order valence-electron chi connectivity index (χ3n) is 5.19. The number of esters is 1. The van der Waals surface area contributed by atoms with Crippen LogP contribution in [0.4, 0.5) is 8.78 Å². The average Bonchev–Trinajstić information content (AvgIpc) is 3.02. The van der Waals surface area contributed by atoms with Gasteiger partial charge in [-0.15, -0.1) is 0 Å². The summed E-state index contributed by atoms with van der Waals surface area (Å²) >= 11 is 0. The molecule has 1 aliphatic heterocycles. The molecule has 1 heterocycles. The minimum absolute atomic E-state index is 0.0494. The van der Waals surface area contributed by atoms with Crippen molar-refractivity contribution in [1.82, 2.24) is 5.32 Å². The highest BCUT2D eigenvalue weighted by Gasteiger charge is 2.51. The second-order valence-electron chi connectivity index (χ2n) is 6.37. The van der Waals surface area contributed by atoms with Crippen molar-refractivity contribution in [3.05, 3.63) is 82.1 Å². The molecular formula is C20H15F2NO3. The summed E-state index contributed by atoms with van der Waals surface area (Å²) < 4.78 is 32.7. The average molecular weight is 355 g/mol. The molecule has 1 amide bonds. The molecule has 0 fully saturated rings. The van der Waals surface area contributed by atoms with E-state index in [-0.39, 0.29) is 5.56 Å². The molecule has 2 aromatic carbocycles. The summed E-state index contributed by atoms with van der Waals surface area (Å²) in [7, 11) is 1.27. The van der Waals surface area contributed by atoms with Crippen LogP contribution in [0.15, 0.2) is 53.7 Å². The second kappa shape index (κ2) is 5.76. The van der Waals surface area contributed by atoms with Gasteiger partial charge in [0.25, 0.3) is 5.91 Å². The van der Waals surface area contributed by atoms with Gasteiger partial charge >= 0.3 is 5.97 Å². The molecule has 2 aliphatic rings. The van der Waals surface area contributed by atoms with Crippen molar-refractivity contribution in [2.24, 2.45) is 0 Å². The molecule has 0 bridgehead atoms. The fraction of sp³-hybridized carbons (Fsp3) is 0.200. The van der Waals surface area contributed by atoms with Crippen LogP contribution >= 0.6 is 0 Å². The molecule has 4 rings (SSSR count). The van der Waals surface area contributed by atoms with Crippen LogP contribution in [0.3, 0.4) is 0 Å². The van der Waals surface area contributed by atoms with Crippen molar-refractivity contribution in [3.63, 3.8) is 0 Å². The number of nitrogens with one attached hydrogen (secondary N) is 1. The number of allylic oxidation sites excluding steroid dienone is 1. The van der Waals surface area contributed by atoms with E-state index in [4.69, 9.17) is 4.74 Å². The molecule has 1 N–H and O–H groups in total. The number of halogens is 2. The van der Waals surface area contributed by atoms with Gasteiger partial charge in [-0.2, -0.15) is 0 Å². The van der Waals surface area contributed by atoms with Crippen LogP contribution in [0.5, 0.6) is 0 Å². The Morgan fingerprint density at radius 2 is 1.88 bits per heavy atom. The zero-order chi connectivity index (χ0) is 18.5. The Balaban J connectivity index is 2.06. The molecule has 0 saturated heterocycles. The first kappa shape index (κ1) is 16.4. The molecule has 132 valence electrons. The number of carbonyl (C=O) groups excluding carboxylic acids is 2. The number of hydrogen-bond acceptors (Lipinski definition) is 3. The maximum Gasteiger partial charge on any atom is 0.335 e. The summed E-state index contributed by atoms with van der Waals surface area (Å²) in [5.74, 6) is -2.17. The number of ether oxygens (including phenoxy) is 1. The molecular weight excluding hydrogens is 340 g/mol. The smallest absolute Gasteiger partial charge is 0.335 e. The number of fused-ring (bicyclic) bond motifs is 3. The normalized spacial score (nSPS) is 21.1. The first-order chi connectivity index (χ1) is 12.5. The fourth-order valence-corrected chi connectivity index (χ4v) is 4.06. The van der Waals surface area contributed by atoms with Gasteiger partial charge in [0.15, 0.2) is 0 Å². The van der Waals surface area contributed by atoms with E-state index in [1.54, 1.807) is 18.2 Å². The van der Waals surface area contributed by atoms with Crippen LogP contribution in [-0.4, -0.2) is 19.0 Å². The zero-order valence-electron chi connectivity index (χ0n) is 13.9. The molecule has 0 radical (unpaired) electrons. The quantitative estimate of drug-likeness (QED) is 0.842. The molecule has 1 unspecified atom stereocenters. The number of rotatable bonds is 2. The minimum atomic E-state index is -0.928. The van der Waals surface area contributed by atoms with Crippen molar-refractivity contribution in [2.45, 2.75) is 18.3 Å². The molecule has 2 aromatic rings. The van der Waals surface area contributed by atoms with E-state index in [1.807, 2.05) is 0 Å². The largest absolute Gasteiger partial charge is 0.466 e.